The number of amides is 2. The molecule has 3 aromatic rings. The quantitative estimate of drug-likeness (QED) is 0.476. The van der Waals surface area contributed by atoms with Crippen LogP contribution in [0, 0.1) is 0 Å². The molecule has 7 nitrogen and oxygen atoms in total. The number of hydrogen-bond acceptors (Lipinski definition) is 4. The van der Waals surface area contributed by atoms with E-state index >= 15 is 0 Å². The Hall–Kier alpha value is -3.61. The standard InChI is InChI=1S/C20H19N3O4/c1-13(19(25)22-23-20(26)14-7-3-2-4-8-14)27-18(24)11-15-12-21-17-10-6-5-9-16(15)17/h2-10,12-13,21H,11H2,1H3,(H,22,25)(H,23,26)/t13-/m1/s1. The lowest BCUT2D eigenvalue weighted by Crippen LogP contribution is -2.46. The highest BCUT2D eigenvalue weighted by atomic mass is 16.5. The normalized spacial score (nSPS) is 11.6. The molecule has 138 valence electrons. The molecule has 3 N–H and O–H groups in total. The first-order valence-electron chi connectivity index (χ1n) is 8.44. The number of benzene rings is 2. The Morgan fingerprint density at radius 3 is 2.48 bits per heavy atom. The molecule has 3 rings (SSSR count). The van der Waals surface area contributed by atoms with Crippen molar-refractivity contribution in [1.29, 1.82) is 0 Å². The van der Waals surface area contributed by atoms with Gasteiger partial charge in [-0.1, -0.05) is 36.4 Å². The molecule has 27 heavy (non-hydrogen) atoms. The van der Waals surface area contributed by atoms with Crippen molar-refractivity contribution < 1.29 is 19.1 Å². The number of aromatic nitrogens is 1. The highest BCUT2D eigenvalue weighted by Crippen LogP contribution is 2.18. The van der Waals surface area contributed by atoms with Gasteiger partial charge in [0.15, 0.2) is 6.10 Å². The molecule has 0 fully saturated rings. The maximum absolute atomic E-state index is 12.1. The Morgan fingerprint density at radius 2 is 1.70 bits per heavy atom. The first-order valence-corrected chi connectivity index (χ1v) is 8.44. The van der Waals surface area contributed by atoms with Crippen molar-refractivity contribution in [2.24, 2.45) is 0 Å². The SMILES string of the molecule is C[C@@H](OC(=O)Cc1c[nH]c2ccccc12)C(=O)NNC(=O)c1ccccc1. The van der Waals surface area contributed by atoms with Gasteiger partial charge in [0.1, 0.15) is 0 Å². The number of H-pyrrole nitrogens is 1. The van der Waals surface area contributed by atoms with E-state index in [-0.39, 0.29) is 6.42 Å². The fraction of sp³-hybridized carbons (Fsp3) is 0.150. The fourth-order valence-corrected chi connectivity index (χ4v) is 2.61. The summed E-state index contributed by atoms with van der Waals surface area (Å²) in [5.41, 5.74) is 6.66. The van der Waals surface area contributed by atoms with Gasteiger partial charge in [0, 0.05) is 22.7 Å². The number of rotatable bonds is 5. The number of hydrazine groups is 1. The molecule has 1 heterocycles. The number of hydrogen-bond donors (Lipinski definition) is 3. The van der Waals surface area contributed by atoms with Crippen LogP contribution in [0.2, 0.25) is 0 Å². The van der Waals surface area contributed by atoms with Crippen molar-refractivity contribution in [3.63, 3.8) is 0 Å². The molecule has 0 saturated carbocycles. The minimum absolute atomic E-state index is 0.0397. The van der Waals surface area contributed by atoms with E-state index in [1.807, 2.05) is 24.3 Å². The van der Waals surface area contributed by atoms with Crippen molar-refractivity contribution in [3.8, 4) is 0 Å². The molecule has 2 amide bonds. The van der Waals surface area contributed by atoms with Gasteiger partial charge in [-0.05, 0) is 30.7 Å². The molecule has 0 unspecified atom stereocenters. The molecule has 0 radical (unpaired) electrons. The summed E-state index contributed by atoms with van der Waals surface area (Å²) in [4.78, 5) is 39.1. The Balaban J connectivity index is 1.50. The average Bonchev–Trinajstić information content (AvgIpc) is 3.09. The Kier molecular flexibility index (Phi) is 5.51. The van der Waals surface area contributed by atoms with Crippen LogP contribution in [0.1, 0.15) is 22.8 Å². The summed E-state index contributed by atoms with van der Waals surface area (Å²) in [5.74, 6) is -1.61. The number of ether oxygens (including phenoxy) is 1. The van der Waals surface area contributed by atoms with E-state index in [0.29, 0.717) is 5.56 Å². The molecule has 1 aromatic heterocycles. The third kappa shape index (κ3) is 4.52. The summed E-state index contributed by atoms with van der Waals surface area (Å²) < 4.78 is 5.16. The highest BCUT2D eigenvalue weighted by Gasteiger charge is 2.19. The Labute approximate surface area is 155 Å². The lowest BCUT2D eigenvalue weighted by atomic mass is 10.1. The van der Waals surface area contributed by atoms with Crippen molar-refractivity contribution in [1.82, 2.24) is 15.8 Å². The number of aromatic amines is 1. The van der Waals surface area contributed by atoms with E-state index in [1.54, 1.807) is 36.5 Å². The van der Waals surface area contributed by atoms with Crippen molar-refractivity contribution in [2.75, 3.05) is 0 Å². The highest BCUT2D eigenvalue weighted by molar-refractivity contribution is 5.96. The maximum Gasteiger partial charge on any atom is 0.311 e. The van der Waals surface area contributed by atoms with Gasteiger partial charge in [-0.3, -0.25) is 25.2 Å². The van der Waals surface area contributed by atoms with Crippen molar-refractivity contribution >= 4 is 28.7 Å². The van der Waals surface area contributed by atoms with Gasteiger partial charge in [-0.15, -0.1) is 0 Å². The van der Waals surface area contributed by atoms with Crippen LogP contribution >= 0.6 is 0 Å². The zero-order chi connectivity index (χ0) is 19.2. The van der Waals surface area contributed by atoms with Gasteiger partial charge in [0.25, 0.3) is 11.8 Å². The first kappa shape index (κ1) is 18.2. The van der Waals surface area contributed by atoms with Gasteiger partial charge in [-0.25, -0.2) is 0 Å². The van der Waals surface area contributed by atoms with E-state index < -0.39 is 23.9 Å². The summed E-state index contributed by atoms with van der Waals surface area (Å²) in [7, 11) is 0. The molecule has 0 aliphatic heterocycles. The number of fused-ring (bicyclic) bond motifs is 1. The Bertz CT molecular complexity index is 966. The van der Waals surface area contributed by atoms with Gasteiger partial charge < -0.3 is 9.72 Å². The maximum atomic E-state index is 12.1. The van der Waals surface area contributed by atoms with Gasteiger partial charge in [0.05, 0.1) is 6.42 Å². The average molecular weight is 365 g/mol. The van der Waals surface area contributed by atoms with Crippen LogP contribution < -0.4 is 10.9 Å². The molecule has 0 bridgehead atoms. The van der Waals surface area contributed by atoms with Gasteiger partial charge >= 0.3 is 5.97 Å². The number of para-hydroxylation sites is 1. The van der Waals surface area contributed by atoms with Crippen LogP contribution in [-0.4, -0.2) is 28.9 Å². The summed E-state index contributed by atoms with van der Waals surface area (Å²) in [5, 5.41) is 0.932. The largest absolute Gasteiger partial charge is 0.452 e. The summed E-state index contributed by atoms with van der Waals surface area (Å²) in [6, 6.07) is 16.0. The molecular weight excluding hydrogens is 346 g/mol. The summed E-state index contributed by atoms with van der Waals surface area (Å²) >= 11 is 0. The van der Waals surface area contributed by atoms with Crippen LogP contribution in [0.5, 0.6) is 0 Å². The second-order valence-electron chi connectivity index (χ2n) is 5.98. The summed E-state index contributed by atoms with van der Waals surface area (Å²) in [6.07, 6.45) is 0.744. The van der Waals surface area contributed by atoms with E-state index in [9.17, 15) is 14.4 Å². The smallest absolute Gasteiger partial charge is 0.311 e. The van der Waals surface area contributed by atoms with Crippen molar-refractivity contribution in [2.45, 2.75) is 19.4 Å². The van der Waals surface area contributed by atoms with Gasteiger partial charge in [0.2, 0.25) is 0 Å². The van der Waals surface area contributed by atoms with E-state index in [2.05, 4.69) is 15.8 Å². The zero-order valence-electron chi connectivity index (χ0n) is 14.7. The zero-order valence-corrected chi connectivity index (χ0v) is 14.7. The number of carbonyl (C=O) groups excluding carboxylic acids is 3. The monoisotopic (exact) mass is 365 g/mol. The van der Waals surface area contributed by atoms with Gasteiger partial charge in [-0.2, -0.15) is 0 Å². The third-order valence-electron chi connectivity index (χ3n) is 4.02. The van der Waals surface area contributed by atoms with Crippen LogP contribution in [0.15, 0.2) is 60.8 Å². The molecule has 2 aromatic carbocycles. The van der Waals surface area contributed by atoms with Crippen LogP contribution in [0.3, 0.4) is 0 Å². The summed E-state index contributed by atoms with van der Waals surface area (Å²) in [6.45, 7) is 1.44. The lowest BCUT2D eigenvalue weighted by Gasteiger charge is -2.14. The topological polar surface area (TPSA) is 100 Å². The lowest BCUT2D eigenvalue weighted by molar-refractivity contribution is -0.154. The van der Waals surface area contributed by atoms with Crippen LogP contribution in [-0.2, 0) is 20.7 Å². The molecule has 0 aliphatic carbocycles. The van der Waals surface area contributed by atoms with Crippen LogP contribution in [0.25, 0.3) is 10.9 Å². The Morgan fingerprint density at radius 1 is 1.00 bits per heavy atom. The van der Waals surface area contributed by atoms with E-state index in [4.69, 9.17) is 4.74 Å². The fourth-order valence-electron chi connectivity index (χ4n) is 2.61. The number of esters is 1. The minimum atomic E-state index is -1.04. The predicted octanol–water partition coefficient (Wildman–Crippen LogP) is 2.10. The minimum Gasteiger partial charge on any atom is -0.452 e. The first-order chi connectivity index (χ1) is 13.0. The number of nitrogens with one attached hydrogen (secondary N) is 3. The molecule has 0 spiro atoms. The molecular formula is C20H19N3O4. The second-order valence-corrected chi connectivity index (χ2v) is 5.98. The molecule has 7 heteroatoms. The molecule has 0 aliphatic rings. The van der Waals surface area contributed by atoms with Crippen LogP contribution in [0.4, 0.5) is 0 Å². The van der Waals surface area contributed by atoms with E-state index in [0.717, 1.165) is 16.5 Å². The van der Waals surface area contributed by atoms with E-state index in [1.165, 1.54) is 6.92 Å². The molecule has 1 atom stereocenters. The van der Waals surface area contributed by atoms with Crippen molar-refractivity contribution in [3.05, 3.63) is 71.9 Å². The second kappa shape index (κ2) is 8.18. The predicted molar refractivity (Wildman–Crippen MR) is 99.6 cm³/mol. The number of carbonyl (C=O) groups is 3. The third-order valence-corrected chi connectivity index (χ3v) is 4.02. The molecule has 0 saturated heterocycles.